The number of carbonyl (C=O) groups excluding carboxylic acids is 2. The molecule has 0 aliphatic carbocycles. The van der Waals surface area contributed by atoms with Gasteiger partial charge in [0.05, 0.1) is 27.7 Å². The molecular weight excluding hydrogens is 846 g/mol. The number of phosphoric ester groups is 1. The fraction of sp³-hybridized carbons (Fsp3) is 0.821. The second-order valence-electron chi connectivity index (χ2n) is 19.6. The third-order valence-electron chi connectivity index (χ3n) is 11.9. The number of hydrogen-bond donors (Lipinski definition) is 0. The molecule has 0 rings (SSSR count). The maximum atomic E-state index is 12.8. The first kappa shape index (κ1) is 64.0. The van der Waals surface area contributed by atoms with Crippen molar-refractivity contribution >= 4 is 19.8 Å². The van der Waals surface area contributed by atoms with Crippen LogP contribution < -0.4 is 4.89 Å². The number of quaternary nitrogens is 1. The molecule has 2 unspecified atom stereocenters. The predicted molar refractivity (Wildman–Crippen MR) is 277 cm³/mol. The van der Waals surface area contributed by atoms with Crippen LogP contribution in [-0.2, 0) is 32.7 Å². The molecule has 0 spiro atoms. The minimum atomic E-state index is -4.63. The zero-order chi connectivity index (χ0) is 48.5. The van der Waals surface area contributed by atoms with Crippen LogP contribution in [0.1, 0.15) is 245 Å². The molecule has 0 N–H and O–H groups in total. The van der Waals surface area contributed by atoms with E-state index >= 15 is 0 Å². The maximum absolute atomic E-state index is 12.8. The Morgan fingerprint density at radius 2 is 0.864 bits per heavy atom. The van der Waals surface area contributed by atoms with E-state index in [1.165, 1.54) is 141 Å². The van der Waals surface area contributed by atoms with Crippen molar-refractivity contribution in [2.75, 3.05) is 47.5 Å². The summed E-state index contributed by atoms with van der Waals surface area (Å²) < 4.78 is 34.1. The number of allylic oxidation sites excluding steroid dienone is 8. The molecule has 0 aromatic rings. The van der Waals surface area contributed by atoms with Crippen LogP contribution in [-0.4, -0.2) is 70.0 Å². The number of carbonyl (C=O) groups is 2. The van der Waals surface area contributed by atoms with Crippen molar-refractivity contribution in [2.24, 2.45) is 0 Å². The van der Waals surface area contributed by atoms with Gasteiger partial charge in [-0.05, 0) is 51.4 Å². The minimum absolute atomic E-state index is 0.0325. The third-order valence-corrected chi connectivity index (χ3v) is 12.8. The van der Waals surface area contributed by atoms with Gasteiger partial charge in [0, 0.05) is 12.8 Å². The molecule has 0 bridgehead atoms. The largest absolute Gasteiger partial charge is 0.756 e. The summed E-state index contributed by atoms with van der Waals surface area (Å²) in [7, 11) is 1.16. The van der Waals surface area contributed by atoms with E-state index in [-0.39, 0.29) is 32.0 Å². The zero-order valence-corrected chi connectivity index (χ0v) is 44.5. The van der Waals surface area contributed by atoms with Crippen LogP contribution in [0.25, 0.3) is 0 Å². The molecule has 0 radical (unpaired) electrons. The van der Waals surface area contributed by atoms with Gasteiger partial charge in [0.1, 0.15) is 19.8 Å². The van der Waals surface area contributed by atoms with Gasteiger partial charge in [-0.1, -0.05) is 229 Å². The molecule has 0 aromatic heterocycles. The van der Waals surface area contributed by atoms with Crippen molar-refractivity contribution in [1.82, 2.24) is 0 Å². The highest BCUT2D eigenvalue weighted by molar-refractivity contribution is 7.45. The van der Waals surface area contributed by atoms with Crippen LogP contribution in [0.4, 0.5) is 0 Å². The Balaban J connectivity index is 4.20. The van der Waals surface area contributed by atoms with E-state index in [9.17, 15) is 19.0 Å². The molecule has 0 aromatic carbocycles. The SMILES string of the molecule is CC/C=C\C/C=C\C/C=C\C/C=C\CCCCCCCCCCC(=O)OC(COC(=O)CCCCCCCCCCCCCCCCCCCCCCC)COP(=O)([O-])OCC[N+](C)(C)C. The molecule has 0 aliphatic rings. The Morgan fingerprint density at radius 1 is 0.485 bits per heavy atom. The lowest BCUT2D eigenvalue weighted by Crippen LogP contribution is -2.37. The van der Waals surface area contributed by atoms with Gasteiger partial charge in [-0.15, -0.1) is 0 Å². The molecule has 386 valence electrons. The van der Waals surface area contributed by atoms with Gasteiger partial charge in [0.25, 0.3) is 7.82 Å². The summed E-state index contributed by atoms with van der Waals surface area (Å²) in [5, 5.41) is 0. The number of likely N-dealkylation sites (N-methyl/N-ethyl adjacent to an activating group) is 1. The van der Waals surface area contributed by atoms with E-state index in [1.807, 2.05) is 21.1 Å². The third kappa shape index (κ3) is 51.4. The van der Waals surface area contributed by atoms with Crippen molar-refractivity contribution in [3.8, 4) is 0 Å². The fourth-order valence-electron chi connectivity index (χ4n) is 7.65. The Labute approximate surface area is 407 Å². The number of hydrogen-bond acceptors (Lipinski definition) is 8. The Bertz CT molecular complexity index is 1260. The fourth-order valence-corrected chi connectivity index (χ4v) is 8.38. The molecule has 0 amide bonds. The topological polar surface area (TPSA) is 111 Å². The predicted octanol–water partition coefficient (Wildman–Crippen LogP) is 16.0. The summed E-state index contributed by atoms with van der Waals surface area (Å²) in [6.07, 6.45) is 58.6. The van der Waals surface area contributed by atoms with Gasteiger partial charge in [-0.25, -0.2) is 0 Å². The average Bonchev–Trinajstić information content (AvgIpc) is 3.27. The summed E-state index contributed by atoms with van der Waals surface area (Å²) in [5.41, 5.74) is 0. The number of ether oxygens (including phenoxy) is 2. The number of unbranched alkanes of at least 4 members (excludes halogenated alkanes) is 28. The summed E-state index contributed by atoms with van der Waals surface area (Å²) in [6.45, 7) is 4.15. The van der Waals surface area contributed by atoms with Gasteiger partial charge >= 0.3 is 11.9 Å². The van der Waals surface area contributed by atoms with Crippen LogP contribution in [0.3, 0.4) is 0 Å². The molecule has 66 heavy (non-hydrogen) atoms. The lowest BCUT2D eigenvalue weighted by Gasteiger charge is -2.28. The van der Waals surface area contributed by atoms with E-state index in [1.54, 1.807) is 0 Å². The van der Waals surface area contributed by atoms with Crippen molar-refractivity contribution in [3.05, 3.63) is 48.6 Å². The maximum Gasteiger partial charge on any atom is 0.306 e. The Hall–Kier alpha value is -2.03. The number of phosphoric acid groups is 1. The van der Waals surface area contributed by atoms with Crippen LogP contribution in [0.5, 0.6) is 0 Å². The van der Waals surface area contributed by atoms with Crippen LogP contribution >= 0.6 is 7.82 Å². The van der Waals surface area contributed by atoms with Crippen LogP contribution in [0, 0.1) is 0 Å². The molecule has 0 aliphatic heterocycles. The summed E-state index contributed by atoms with van der Waals surface area (Å²) in [4.78, 5) is 37.8. The summed E-state index contributed by atoms with van der Waals surface area (Å²) >= 11 is 0. The van der Waals surface area contributed by atoms with Gasteiger partial charge in [0.15, 0.2) is 6.10 Å². The van der Waals surface area contributed by atoms with Crippen molar-refractivity contribution in [1.29, 1.82) is 0 Å². The van der Waals surface area contributed by atoms with Crippen molar-refractivity contribution in [3.63, 3.8) is 0 Å². The highest BCUT2D eigenvalue weighted by atomic mass is 31.2. The summed E-state index contributed by atoms with van der Waals surface area (Å²) in [6, 6.07) is 0. The molecule has 0 saturated carbocycles. The number of nitrogens with zero attached hydrogens (tertiary/aromatic N) is 1. The second kappa shape index (κ2) is 48.0. The highest BCUT2D eigenvalue weighted by Gasteiger charge is 2.21. The van der Waals surface area contributed by atoms with Gasteiger partial charge in [-0.2, -0.15) is 0 Å². The molecular formula is C56H104NO8P. The molecule has 0 fully saturated rings. The van der Waals surface area contributed by atoms with E-state index in [2.05, 4.69) is 62.5 Å². The second-order valence-corrected chi connectivity index (χ2v) is 21.0. The van der Waals surface area contributed by atoms with Gasteiger partial charge < -0.3 is 27.9 Å². The lowest BCUT2D eigenvalue weighted by molar-refractivity contribution is -0.870. The van der Waals surface area contributed by atoms with Gasteiger partial charge in [0.2, 0.25) is 0 Å². The molecule has 0 saturated heterocycles. The van der Waals surface area contributed by atoms with E-state index in [0.29, 0.717) is 17.4 Å². The Kier molecular flexibility index (Phi) is 46.5. The zero-order valence-electron chi connectivity index (χ0n) is 43.6. The molecule has 0 heterocycles. The first-order valence-electron chi connectivity index (χ1n) is 27.3. The van der Waals surface area contributed by atoms with Crippen molar-refractivity contribution < 1.29 is 42.1 Å². The smallest absolute Gasteiger partial charge is 0.306 e. The molecule has 9 nitrogen and oxygen atoms in total. The first-order chi connectivity index (χ1) is 32.0. The molecule has 2 atom stereocenters. The highest BCUT2D eigenvalue weighted by Crippen LogP contribution is 2.38. The van der Waals surface area contributed by atoms with E-state index in [0.717, 1.165) is 70.6 Å². The normalized spacial score (nSPS) is 13.7. The van der Waals surface area contributed by atoms with Crippen molar-refractivity contribution in [2.45, 2.75) is 251 Å². The summed E-state index contributed by atoms with van der Waals surface area (Å²) in [5.74, 6) is -0.834. The Morgan fingerprint density at radius 3 is 1.29 bits per heavy atom. The average molecular weight is 950 g/mol. The first-order valence-corrected chi connectivity index (χ1v) is 28.8. The van der Waals surface area contributed by atoms with E-state index < -0.39 is 26.5 Å². The van der Waals surface area contributed by atoms with E-state index in [4.69, 9.17) is 18.5 Å². The quantitative estimate of drug-likeness (QED) is 0.0195. The van der Waals surface area contributed by atoms with Crippen LogP contribution in [0.15, 0.2) is 48.6 Å². The lowest BCUT2D eigenvalue weighted by atomic mass is 10.0. The minimum Gasteiger partial charge on any atom is -0.756 e. The monoisotopic (exact) mass is 950 g/mol. The number of rotatable bonds is 50. The molecule has 10 heteroatoms. The van der Waals surface area contributed by atoms with Gasteiger partial charge in [-0.3, -0.25) is 14.2 Å². The standard InChI is InChI=1S/C56H104NO8P/c1-6-8-10-12-14-16-18-20-22-24-26-28-30-32-34-36-38-40-42-44-46-48-55(58)62-52-54(53-64-66(60,61)63-51-50-57(3,4)5)65-56(59)49-47-45-43-41-39-37-35-33-31-29-27-25-23-21-19-17-15-13-11-9-7-2/h9,11,15,17,21,23,27,29,54H,6-8,10,12-14,16,18-20,22,24-26,28,30-53H2,1-5H3/b11-9-,17-15-,23-21-,29-27-. The number of esters is 2. The van der Waals surface area contributed by atoms with Crippen LogP contribution in [0.2, 0.25) is 0 Å².